The summed E-state index contributed by atoms with van der Waals surface area (Å²) in [6, 6.07) is 14.9. The maximum absolute atomic E-state index is 13.0. The molecule has 2 aromatic carbocycles. The van der Waals surface area contributed by atoms with Gasteiger partial charge in [-0.15, -0.1) is 0 Å². The Morgan fingerprint density at radius 3 is 2.42 bits per heavy atom. The van der Waals surface area contributed by atoms with Gasteiger partial charge in [0.2, 0.25) is 0 Å². The van der Waals surface area contributed by atoms with Crippen LogP contribution < -0.4 is 0 Å². The van der Waals surface area contributed by atoms with Crippen LogP contribution in [0.4, 0.5) is 0 Å². The second kappa shape index (κ2) is 5.73. The third-order valence-electron chi connectivity index (χ3n) is 4.46. The number of hydrogen-bond donors (Lipinski definition) is 0. The molecule has 4 nitrogen and oxygen atoms in total. The predicted molar refractivity (Wildman–Crippen MR) is 90.5 cm³/mol. The highest BCUT2D eigenvalue weighted by Crippen LogP contribution is 2.62. The fraction of sp³-hybridized carbons (Fsp3) is 0.222. The molecule has 0 unspecified atom stereocenters. The first kappa shape index (κ1) is 16.7. The minimum absolute atomic E-state index is 0.115. The molecule has 0 aliphatic heterocycles. The highest BCUT2D eigenvalue weighted by atomic mass is 35.5. The summed E-state index contributed by atoms with van der Waals surface area (Å²) >= 11 is 5.97. The number of carbonyl (C=O) groups is 1. The number of nitrogens with zero attached hydrogens (tertiary/aromatic N) is 1. The molecule has 0 bridgehead atoms. The maximum atomic E-state index is 13.0. The smallest absolute Gasteiger partial charge is 0.183 e. The number of aryl methyl sites for hydroxylation is 1. The third-order valence-corrected chi connectivity index (χ3v) is 6.95. The number of halogens is 1. The molecule has 0 spiro atoms. The highest BCUT2D eigenvalue weighted by molar-refractivity contribution is 7.92. The summed E-state index contributed by atoms with van der Waals surface area (Å²) < 4.78 is 25.9. The number of rotatable bonds is 4. The van der Waals surface area contributed by atoms with E-state index in [1.165, 1.54) is 12.1 Å². The predicted octanol–water partition coefficient (Wildman–Crippen LogP) is 3.30. The van der Waals surface area contributed by atoms with Crippen LogP contribution in [-0.2, 0) is 14.6 Å². The van der Waals surface area contributed by atoms with E-state index in [1.807, 2.05) is 13.0 Å². The molecule has 0 heterocycles. The average molecular weight is 360 g/mol. The van der Waals surface area contributed by atoms with Crippen molar-refractivity contribution >= 4 is 27.7 Å². The number of aldehydes is 1. The van der Waals surface area contributed by atoms with Crippen LogP contribution in [0.1, 0.15) is 17.0 Å². The van der Waals surface area contributed by atoms with Crippen molar-refractivity contribution in [3.63, 3.8) is 0 Å². The molecule has 0 N–H and O–H groups in total. The van der Waals surface area contributed by atoms with E-state index in [2.05, 4.69) is 0 Å². The minimum Gasteiger partial charge on any atom is -0.302 e. The molecule has 122 valence electrons. The molecule has 3 rings (SSSR count). The topological polar surface area (TPSA) is 75.0 Å². The summed E-state index contributed by atoms with van der Waals surface area (Å²) in [5, 5.41) is 8.83. The maximum Gasteiger partial charge on any atom is 0.183 e. The summed E-state index contributed by atoms with van der Waals surface area (Å²) in [6.45, 7) is 1.85. The molecular formula is C18H14ClNO3S. The largest absolute Gasteiger partial charge is 0.302 e. The quantitative estimate of drug-likeness (QED) is 0.785. The fourth-order valence-electron chi connectivity index (χ4n) is 3.14. The SMILES string of the molecule is Cc1ccc(S(=O)(=O)[C@@H]2[C@H](c3cccc(Cl)c3)[C@@]2(C#N)C=O)cc1. The van der Waals surface area contributed by atoms with Crippen LogP contribution in [0.25, 0.3) is 0 Å². The van der Waals surface area contributed by atoms with Crippen molar-refractivity contribution in [1.82, 2.24) is 0 Å². The molecule has 0 radical (unpaired) electrons. The zero-order valence-corrected chi connectivity index (χ0v) is 14.4. The fourth-order valence-corrected chi connectivity index (χ4v) is 5.57. The molecule has 0 saturated heterocycles. The monoisotopic (exact) mass is 359 g/mol. The number of carbonyl (C=O) groups excluding carboxylic acids is 1. The van der Waals surface area contributed by atoms with E-state index in [0.29, 0.717) is 16.9 Å². The van der Waals surface area contributed by atoms with E-state index >= 15 is 0 Å². The van der Waals surface area contributed by atoms with Crippen LogP contribution in [0.3, 0.4) is 0 Å². The van der Waals surface area contributed by atoms with Gasteiger partial charge in [0.15, 0.2) is 9.84 Å². The van der Waals surface area contributed by atoms with Crippen LogP contribution >= 0.6 is 11.6 Å². The Labute approximate surface area is 145 Å². The number of sulfone groups is 1. The van der Waals surface area contributed by atoms with E-state index in [9.17, 15) is 18.5 Å². The Morgan fingerprint density at radius 2 is 1.88 bits per heavy atom. The molecule has 1 saturated carbocycles. The summed E-state index contributed by atoms with van der Waals surface area (Å²) in [5.74, 6) is -0.718. The van der Waals surface area contributed by atoms with Crippen molar-refractivity contribution in [3.05, 3.63) is 64.7 Å². The van der Waals surface area contributed by atoms with Crippen LogP contribution in [0, 0.1) is 23.7 Å². The zero-order valence-electron chi connectivity index (χ0n) is 12.8. The Bertz CT molecular complexity index is 947. The van der Waals surface area contributed by atoms with Gasteiger partial charge in [0, 0.05) is 10.9 Å². The Kier molecular flexibility index (Phi) is 3.98. The summed E-state index contributed by atoms with van der Waals surface area (Å²) in [5.41, 5.74) is -0.0658. The van der Waals surface area contributed by atoms with Crippen LogP contribution in [0.5, 0.6) is 0 Å². The molecule has 0 amide bonds. The van der Waals surface area contributed by atoms with Crippen molar-refractivity contribution in [2.75, 3.05) is 0 Å². The van der Waals surface area contributed by atoms with E-state index in [1.54, 1.807) is 36.4 Å². The molecule has 2 aromatic rings. The van der Waals surface area contributed by atoms with Crippen LogP contribution in [-0.4, -0.2) is 20.0 Å². The second-order valence-electron chi connectivity index (χ2n) is 5.97. The first-order valence-electron chi connectivity index (χ1n) is 7.30. The van der Waals surface area contributed by atoms with E-state index in [-0.39, 0.29) is 4.90 Å². The van der Waals surface area contributed by atoms with Gasteiger partial charge >= 0.3 is 0 Å². The Hall–Kier alpha value is -2.16. The zero-order chi connectivity index (χ0) is 17.5. The molecular weight excluding hydrogens is 346 g/mol. The van der Waals surface area contributed by atoms with E-state index < -0.39 is 26.4 Å². The Balaban J connectivity index is 2.10. The first-order valence-corrected chi connectivity index (χ1v) is 9.23. The van der Waals surface area contributed by atoms with Gasteiger partial charge in [0.25, 0.3) is 0 Å². The Morgan fingerprint density at radius 1 is 1.21 bits per heavy atom. The summed E-state index contributed by atoms with van der Waals surface area (Å²) in [6.07, 6.45) is 0.453. The molecule has 3 atom stereocenters. The lowest BCUT2D eigenvalue weighted by Crippen LogP contribution is -2.16. The number of nitriles is 1. The van der Waals surface area contributed by atoms with Crippen molar-refractivity contribution in [2.24, 2.45) is 5.41 Å². The minimum atomic E-state index is -3.82. The number of hydrogen-bond acceptors (Lipinski definition) is 4. The molecule has 24 heavy (non-hydrogen) atoms. The van der Waals surface area contributed by atoms with E-state index in [4.69, 9.17) is 11.6 Å². The van der Waals surface area contributed by atoms with Crippen LogP contribution in [0.2, 0.25) is 5.02 Å². The van der Waals surface area contributed by atoms with Crippen molar-refractivity contribution in [3.8, 4) is 6.07 Å². The lowest BCUT2D eigenvalue weighted by molar-refractivity contribution is -0.110. The highest BCUT2D eigenvalue weighted by Gasteiger charge is 2.72. The summed E-state index contributed by atoms with van der Waals surface area (Å²) in [4.78, 5) is 11.7. The summed E-state index contributed by atoms with van der Waals surface area (Å²) in [7, 11) is -3.82. The van der Waals surface area contributed by atoms with Gasteiger partial charge in [-0.05, 0) is 36.8 Å². The van der Waals surface area contributed by atoms with Gasteiger partial charge < -0.3 is 4.79 Å². The van der Waals surface area contributed by atoms with Crippen LogP contribution in [0.15, 0.2) is 53.4 Å². The van der Waals surface area contributed by atoms with Crippen molar-refractivity contribution in [2.45, 2.75) is 23.0 Å². The van der Waals surface area contributed by atoms with Gasteiger partial charge in [0.05, 0.1) is 11.0 Å². The van der Waals surface area contributed by atoms with Crippen molar-refractivity contribution < 1.29 is 13.2 Å². The molecule has 0 aromatic heterocycles. The molecule has 6 heteroatoms. The van der Waals surface area contributed by atoms with Gasteiger partial charge in [-0.3, -0.25) is 0 Å². The molecule has 1 aliphatic rings. The first-order chi connectivity index (χ1) is 11.4. The average Bonchev–Trinajstić information content (AvgIpc) is 3.26. The lowest BCUT2D eigenvalue weighted by Gasteiger charge is -2.05. The molecule has 1 fully saturated rings. The number of benzene rings is 2. The van der Waals surface area contributed by atoms with Gasteiger partial charge in [-0.2, -0.15) is 5.26 Å². The molecule has 1 aliphatic carbocycles. The third kappa shape index (κ3) is 2.43. The normalized spacial score (nSPS) is 25.7. The lowest BCUT2D eigenvalue weighted by atomic mass is 10.0. The van der Waals surface area contributed by atoms with E-state index in [0.717, 1.165) is 5.56 Å². The van der Waals surface area contributed by atoms with Gasteiger partial charge in [-0.25, -0.2) is 8.42 Å². The van der Waals surface area contributed by atoms with Gasteiger partial charge in [0.1, 0.15) is 17.0 Å². The van der Waals surface area contributed by atoms with Crippen molar-refractivity contribution in [1.29, 1.82) is 5.26 Å². The standard InChI is InChI=1S/C18H14ClNO3S/c1-12-5-7-15(8-6-12)24(22,23)17-16(18(17,10-20)11-21)13-3-2-4-14(19)9-13/h2-9,11,16-17H,1H3/t16-,17+,18+/m0/s1. The second-order valence-corrected chi connectivity index (χ2v) is 8.48. The van der Waals surface area contributed by atoms with Gasteiger partial charge in [-0.1, -0.05) is 41.4 Å².